The van der Waals surface area contributed by atoms with Crippen LogP contribution in [0.2, 0.25) is 0 Å². The molecule has 1 aliphatic rings. The first-order valence-corrected chi connectivity index (χ1v) is 6.67. The van der Waals surface area contributed by atoms with Gasteiger partial charge in [-0.2, -0.15) is 0 Å². The summed E-state index contributed by atoms with van der Waals surface area (Å²) in [5.41, 5.74) is 2.08. The van der Waals surface area contributed by atoms with Crippen molar-refractivity contribution in [3.63, 3.8) is 0 Å². The number of ether oxygens (including phenoxy) is 1. The summed E-state index contributed by atoms with van der Waals surface area (Å²) in [4.78, 5) is 0. The number of rotatable bonds is 4. The van der Waals surface area contributed by atoms with Crippen LogP contribution in [0.15, 0.2) is 24.3 Å². The highest BCUT2D eigenvalue weighted by Gasteiger charge is 2.67. The molecule has 0 saturated heterocycles. The highest BCUT2D eigenvalue weighted by atomic mass is 16.5. The molecule has 1 N–H and O–H groups in total. The predicted octanol–water partition coefficient (Wildman–Crippen LogP) is 3.64. The van der Waals surface area contributed by atoms with E-state index in [4.69, 9.17) is 4.74 Å². The fourth-order valence-electron chi connectivity index (χ4n) is 3.44. The summed E-state index contributed by atoms with van der Waals surface area (Å²) < 4.78 is 5.33. The molecule has 1 saturated carbocycles. The number of nitrogens with one attached hydrogen (secondary N) is 1. The lowest BCUT2D eigenvalue weighted by molar-refractivity contribution is 0.407. The first-order valence-electron chi connectivity index (χ1n) is 6.67. The minimum Gasteiger partial charge on any atom is -0.497 e. The Kier molecular flexibility index (Phi) is 3.18. The zero-order valence-electron chi connectivity index (χ0n) is 12.4. The van der Waals surface area contributed by atoms with Crippen LogP contribution in [-0.2, 0) is 0 Å². The van der Waals surface area contributed by atoms with Crippen LogP contribution in [0, 0.1) is 16.7 Å². The van der Waals surface area contributed by atoms with Gasteiger partial charge in [0.2, 0.25) is 0 Å². The molecular weight excluding hydrogens is 222 g/mol. The number of benzene rings is 1. The van der Waals surface area contributed by atoms with E-state index in [9.17, 15) is 0 Å². The molecule has 0 amide bonds. The summed E-state index contributed by atoms with van der Waals surface area (Å²) in [6, 6.07) is 8.80. The molecule has 2 nitrogen and oxygen atoms in total. The Morgan fingerprint density at radius 1 is 1.17 bits per heavy atom. The predicted molar refractivity (Wildman–Crippen MR) is 75.8 cm³/mol. The molecule has 1 aliphatic carbocycles. The lowest BCUT2D eigenvalue weighted by Crippen LogP contribution is -2.21. The van der Waals surface area contributed by atoms with E-state index in [0.29, 0.717) is 22.8 Å². The third kappa shape index (κ3) is 1.83. The zero-order chi connectivity index (χ0) is 13.6. The maximum absolute atomic E-state index is 5.33. The molecule has 0 radical (unpaired) electrons. The third-order valence-electron chi connectivity index (χ3n) is 5.23. The van der Waals surface area contributed by atoms with Gasteiger partial charge in [0.15, 0.2) is 0 Å². The molecule has 2 heteroatoms. The van der Waals surface area contributed by atoms with Gasteiger partial charge in [-0.15, -0.1) is 0 Å². The van der Waals surface area contributed by atoms with Crippen LogP contribution in [0.25, 0.3) is 0 Å². The number of methoxy groups -OCH3 is 1. The smallest absolute Gasteiger partial charge is 0.119 e. The van der Waals surface area contributed by atoms with E-state index in [-0.39, 0.29) is 0 Å². The molecule has 1 aromatic rings. The Morgan fingerprint density at radius 3 is 2.22 bits per heavy atom. The SMILES string of the molecule is CNC(c1cccc(OC)c1)C1C(C)(C)C1(C)C. The van der Waals surface area contributed by atoms with Gasteiger partial charge in [0, 0.05) is 6.04 Å². The van der Waals surface area contributed by atoms with Crippen molar-refractivity contribution in [2.24, 2.45) is 16.7 Å². The average molecular weight is 247 g/mol. The monoisotopic (exact) mass is 247 g/mol. The summed E-state index contributed by atoms with van der Waals surface area (Å²) in [6.45, 7) is 9.45. The van der Waals surface area contributed by atoms with E-state index >= 15 is 0 Å². The van der Waals surface area contributed by atoms with E-state index in [1.807, 2.05) is 6.07 Å². The van der Waals surface area contributed by atoms with Crippen LogP contribution in [0.5, 0.6) is 5.75 Å². The normalized spacial score (nSPS) is 22.6. The summed E-state index contributed by atoms with van der Waals surface area (Å²) in [5, 5.41) is 3.49. The molecule has 0 spiro atoms. The van der Waals surface area contributed by atoms with Crippen molar-refractivity contribution in [3.05, 3.63) is 29.8 Å². The van der Waals surface area contributed by atoms with Gasteiger partial charge in [-0.25, -0.2) is 0 Å². The Balaban J connectivity index is 2.30. The first-order chi connectivity index (χ1) is 8.36. The molecule has 0 aliphatic heterocycles. The second kappa shape index (κ2) is 4.27. The number of hydrogen-bond acceptors (Lipinski definition) is 2. The molecule has 2 rings (SSSR count). The van der Waals surface area contributed by atoms with Gasteiger partial charge in [-0.1, -0.05) is 39.8 Å². The van der Waals surface area contributed by atoms with Gasteiger partial charge in [0.05, 0.1) is 7.11 Å². The van der Waals surface area contributed by atoms with Crippen molar-refractivity contribution in [2.45, 2.75) is 33.7 Å². The van der Waals surface area contributed by atoms with Gasteiger partial charge in [0.1, 0.15) is 5.75 Å². The Morgan fingerprint density at radius 2 is 1.78 bits per heavy atom. The van der Waals surface area contributed by atoms with Gasteiger partial charge in [0.25, 0.3) is 0 Å². The summed E-state index contributed by atoms with van der Waals surface area (Å²) in [7, 11) is 3.77. The van der Waals surface area contributed by atoms with Crippen LogP contribution in [0.3, 0.4) is 0 Å². The fraction of sp³-hybridized carbons (Fsp3) is 0.625. The van der Waals surface area contributed by atoms with Crippen molar-refractivity contribution in [3.8, 4) is 5.75 Å². The van der Waals surface area contributed by atoms with E-state index in [0.717, 1.165) is 5.75 Å². The second-order valence-electron chi connectivity index (χ2n) is 6.46. The molecule has 1 fully saturated rings. The molecule has 18 heavy (non-hydrogen) atoms. The van der Waals surface area contributed by atoms with Gasteiger partial charge in [-0.05, 0) is 41.5 Å². The van der Waals surface area contributed by atoms with Crippen LogP contribution < -0.4 is 10.1 Å². The second-order valence-corrected chi connectivity index (χ2v) is 6.46. The van der Waals surface area contributed by atoms with Crippen LogP contribution >= 0.6 is 0 Å². The summed E-state index contributed by atoms with van der Waals surface area (Å²) in [5.74, 6) is 1.59. The highest BCUT2D eigenvalue weighted by Crippen LogP contribution is 2.72. The molecule has 1 unspecified atom stereocenters. The minimum atomic E-state index is 0.379. The molecule has 1 atom stereocenters. The molecule has 100 valence electrons. The Labute approximate surface area is 111 Å². The zero-order valence-corrected chi connectivity index (χ0v) is 12.4. The standard InChI is InChI=1S/C16H25NO/c1-15(2)14(16(15,3)4)13(17-5)11-8-7-9-12(10-11)18-6/h7-10,13-14,17H,1-6H3. The maximum atomic E-state index is 5.33. The lowest BCUT2D eigenvalue weighted by atomic mass is 9.96. The highest BCUT2D eigenvalue weighted by molar-refractivity contribution is 5.33. The Hall–Kier alpha value is -1.02. The quantitative estimate of drug-likeness (QED) is 0.877. The first kappa shape index (κ1) is 13.4. The average Bonchev–Trinajstić information content (AvgIpc) is 2.73. The number of hydrogen-bond donors (Lipinski definition) is 1. The third-order valence-corrected chi connectivity index (χ3v) is 5.23. The lowest BCUT2D eigenvalue weighted by Gasteiger charge is -2.19. The van der Waals surface area contributed by atoms with Crippen molar-refractivity contribution >= 4 is 0 Å². The van der Waals surface area contributed by atoms with E-state index < -0.39 is 0 Å². The molecule has 0 aromatic heterocycles. The van der Waals surface area contributed by atoms with E-state index in [2.05, 4.69) is 58.3 Å². The van der Waals surface area contributed by atoms with Crippen molar-refractivity contribution in [2.75, 3.05) is 14.2 Å². The summed E-state index contributed by atoms with van der Waals surface area (Å²) >= 11 is 0. The van der Waals surface area contributed by atoms with Crippen LogP contribution in [0.1, 0.15) is 39.3 Å². The Bertz CT molecular complexity index is 422. The molecular formula is C16H25NO. The van der Waals surface area contributed by atoms with Crippen molar-refractivity contribution < 1.29 is 4.74 Å². The van der Waals surface area contributed by atoms with Gasteiger partial charge >= 0.3 is 0 Å². The fourth-order valence-corrected chi connectivity index (χ4v) is 3.44. The molecule has 0 bridgehead atoms. The summed E-state index contributed by atoms with van der Waals surface area (Å²) in [6.07, 6.45) is 0. The topological polar surface area (TPSA) is 21.3 Å². The van der Waals surface area contributed by atoms with Crippen molar-refractivity contribution in [1.82, 2.24) is 5.32 Å². The molecule has 1 aromatic carbocycles. The van der Waals surface area contributed by atoms with Crippen LogP contribution in [-0.4, -0.2) is 14.2 Å². The van der Waals surface area contributed by atoms with E-state index in [1.54, 1.807) is 7.11 Å². The minimum absolute atomic E-state index is 0.379. The van der Waals surface area contributed by atoms with Crippen LogP contribution in [0.4, 0.5) is 0 Å². The largest absolute Gasteiger partial charge is 0.497 e. The van der Waals surface area contributed by atoms with Gasteiger partial charge in [-0.3, -0.25) is 0 Å². The van der Waals surface area contributed by atoms with E-state index in [1.165, 1.54) is 5.56 Å². The van der Waals surface area contributed by atoms with Gasteiger partial charge < -0.3 is 10.1 Å². The van der Waals surface area contributed by atoms with Crippen molar-refractivity contribution in [1.29, 1.82) is 0 Å². The molecule has 0 heterocycles. The maximum Gasteiger partial charge on any atom is 0.119 e.